The van der Waals surface area contributed by atoms with Crippen molar-refractivity contribution >= 4 is 0 Å². The summed E-state index contributed by atoms with van der Waals surface area (Å²) in [6, 6.07) is 3.52. The smallest absolute Gasteiger partial charge is 0.203 e. The van der Waals surface area contributed by atoms with E-state index in [1.807, 2.05) is 6.92 Å². The molecule has 1 aromatic rings. The molecule has 4 nitrogen and oxygen atoms in total. The average molecular weight is 226 g/mol. The molecule has 1 atom stereocenters. The lowest BCUT2D eigenvalue weighted by Gasteiger charge is -2.16. The van der Waals surface area contributed by atoms with E-state index < -0.39 is 6.10 Å². The first-order valence-corrected chi connectivity index (χ1v) is 5.15. The summed E-state index contributed by atoms with van der Waals surface area (Å²) >= 11 is 0. The van der Waals surface area contributed by atoms with Crippen LogP contribution in [0, 0.1) is 0 Å². The molecule has 0 saturated carbocycles. The van der Waals surface area contributed by atoms with Gasteiger partial charge in [0.2, 0.25) is 5.75 Å². The van der Waals surface area contributed by atoms with E-state index >= 15 is 0 Å². The molecule has 0 radical (unpaired) electrons. The highest BCUT2D eigenvalue weighted by Gasteiger charge is 2.16. The fourth-order valence-corrected chi connectivity index (χ4v) is 1.53. The monoisotopic (exact) mass is 226 g/mol. The average Bonchev–Trinajstić information content (AvgIpc) is 2.35. The summed E-state index contributed by atoms with van der Waals surface area (Å²) in [5.41, 5.74) is 0.761. The third-order valence-corrected chi connectivity index (χ3v) is 2.46. The van der Waals surface area contributed by atoms with Gasteiger partial charge in [-0.15, -0.1) is 0 Å². The van der Waals surface area contributed by atoms with E-state index in [9.17, 15) is 5.11 Å². The molecule has 0 fully saturated rings. The maximum Gasteiger partial charge on any atom is 0.203 e. The summed E-state index contributed by atoms with van der Waals surface area (Å²) in [5.74, 6) is 1.66. The number of hydrogen-bond acceptors (Lipinski definition) is 4. The normalized spacial score (nSPS) is 12.1. The Hall–Kier alpha value is -1.42. The minimum absolute atomic E-state index is 0.520. The van der Waals surface area contributed by atoms with Gasteiger partial charge in [-0.3, -0.25) is 0 Å². The Labute approximate surface area is 95.8 Å². The first-order chi connectivity index (χ1) is 7.67. The Morgan fingerprint density at radius 2 is 1.56 bits per heavy atom. The molecular formula is C12H18O4. The maximum atomic E-state index is 9.78. The summed E-state index contributed by atoms with van der Waals surface area (Å²) in [6.45, 7) is 1.91. The standard InChI is InChI=1S/C12H18O4/c1-5-9(13)8-6-10(14-2)12(16-4)11(7-8)15-3/h6-7,9,13H,5H2,1-4H3/t9-/m0/s1. The van der Waals surface area contributed by atoms with E-state index in [1.54, 1.807) is 33.5 Å². The van der Waals surface area contributed by atoms with Crippen LogP contribution in [0.25, 0.3) is 0 Å². The zero-order valence-electron chi connectivity index (χ0n) is 10.1. The molecule has 0 bridgehead atoms. The minimum atomic E-state index is -0.520. The minimum Gasteiger partial charge on any atom is -0.493 e. The molecule has 0 aliphatic rings. The van der Waals surface area contributed by atoms with Crippen LogP contribution in [0.15, 0.2) is 12.1 Å². The number of benzene rings is 1. The van der Waals surface area contributed by atoms with Crippen LogP contribution in [0.1, 0.15) is 25.0 Å². The summed E-state index contributed by atoms with van der Waals surface area (Å²) < 4.78 is 15.6. The van der Waals surface area contributed by atoms with Crippen LogP contribution in [0.2, 0.25) is 0 Å². The van der Waals surface area contributed by atoms with Gasteiger partial charge in [-0.1, -0.05) is 6.92 Å². The molecule has 0 spiro atoms. The van der Waals surface area contributed by atoms with Crippen LogP contribution in [0.3, 0.4) is 0 Å². The Morgan fingerprint density at radius 1 is 1.06 bits per heavy atom. The third kappa shape index (κ3) is 2.39. The molecule has 0 aliphatic heterocycles. The van der Waals surface area contributed by atoms with E-state index in [0.717, 1.165) is 5.56 Å². The molecule has 1 N–H and O–H groups in total. The topological polar surface area (TPSA) is 47.9 Å². The van der Waals surface area contributed by atoms with Crippen LogP contribution in [0.4, 0.5) is 0 Å². The summed E-state index contributed by atoms with van der Waals surface area (Å²) in [6.07, 6.45) is 0.118. The second kappa shape index (κ2) is 5.61. The highest BCUT2D eigenvalue weighted by Crippen LogP contribution is 2.39. The first kappa shape index (κ1) is 12.6. The van der Waals surface area contributed by atoms with Crippen LogP contribution >= 0.6 is 0 Å². The van der Waals surface area contributed by atoms with E-state index in [2.05, 4.69) is 0 Å². The highest BCUT2D eigenvalue weighted by atomic mass is 16.5. The predicted octanol–water partition coefficient (Wildman–Crippen LogP) is 2.16. The van der Waals surface area contributed by atoms with E-state index in [-0.39, 0.29) is 0 Å². The molecule has 1 rings (SSSR count). The SMILES string of the molecule is CC[C@H](O)c1cc(OC)c(OC)c(OC)c1. The third-order valence-electron chi connectivity index (χ3n) is 2.46. The Bertz CT molecular complexity index is 324. The number of aliphatic hydroxyl groups excluding tert-OH is 1. The molecule has 0 saturated heterocycles. The fourth-order valence-electron chi connectivity index (χ4n) is 1.53. The zero-order valence-corrected chi connectivity index (χ0v) is 10.1. The molecule has 4 heteroatoms. The predicted molar refractivity (Wildman–Crippen MR) is 61.3 cm³/mol. The molecule has 1 aromatic carbocycles. The molecular weight excluding hydrogens is 208 g/mol. The number of rotatable bonds is 5. The van der Waals surface area contributed by atoms with Gasteiger partial charge in [0.15, 0.2) is 11.5 Å². The van der Waals surface area contributed by atoms with E-state index in [0.29, 0.717) is 23.7 Å². The van der Waals surface area contributed by atoms with Crippen molar-refractivity contribution in [1.29, 1.82) is 0 Å². The second-order valence-electron chi connectivity index (χ2n) is 3.38. The van der Waals surface area contributed by atoms with Gasteiger partial charge in [0.25, 0.3) is 0 Å². The zero-order chi connectivity index (χ0) is 12.1. The number of methoxy groups -OCH3 is 3. The van der Waals surface area contributed by atoms with Crippen molar-refractivity contribution < 1.29 is 19.3 Å². The molecule has 0 aliphatic carbocycles. The first-order valence-electron chi connectivity index (χ1n) is 5.15. The van der Waals surface area contributed by atoms with Crippen molar-refractivity contribution in [2.75, 3.05) is 21.3 Å². The van der Waals surface area contributed by atoms with Crippen molar-refractivity contribution in [2.24, 2.45) is 0 Å². The van der Waals surface area contributed by atoms with Gasteiger partial charge >= 0.3 is 0 Å². The largest absolute Gasteiger partial charge is 0.493 e. The second-order valence-corrected chi connectivity index (χ2v) is 3.38. The van der Waals surface area contributed by atoms with Gasteiger partial charge in [0.05, 0.1) is 27.4 Å². The summed E-state index contributed by atoms with van der Waals surface area (Å²) in [4.78, 5) is 0. The Balaban J connectivity index is 3.25. The molecule has 0 unspecified atom stereocenters. The van der Waals surface area contributed by atoms with E-state index in [1.165, 1.54) is 0 Å². The molecule has 16 heavy (non-hydrogen) atoms. The molecule has 0 aromatic heterocycles. The molecule has 0 amide bonds. The highest BCUT2D eigenvalue weighted by molar-refractivity contribution is 5.54. The summed E-state index contributed by atoms with van der Waals surface area (Å²) in [5, 5.41) is 9.78. The fraction of sp³-hybridized carbons (Fsp3) is 0.500. The lowest BCUT2D eigenvalue weighted by Crippen LogP contribution is -2.00. The van der Waals surface area contributed by atoms with Gasteiger partial charge < -0.3 is 19.3 Å². The quantitative estimate of drug-likeness (QED) is 0.835. The van der Waals surface area contributed by atoms with Crippen LogP contribution in [-0.4, -0.2) is 26.4 Å². The number of aliphatic hydroxyl groups is 1. The van der Waals surface area contributed by atoms with Gasteiger partial charge in [-0.25, -0.2) is 0 Å². The lowest BCUT2D eigenvalue weighted by molar-refractivity contribution is 0.172. The molecule has 0 heterocycles. The number of hydrogen-bond donors (Lipinski definition) is 1. The van der Waals surface area contributed by atoms with Gasteiger partial charge in [-0.2, -0.15) is 0 Å². The Kier molecular flexibility index (Phi) is 4.43. The van der Waals surface area contributed by atoms with Gasteiger partial charge in [0, 0.05) is 0 Å². The lowest BCUT2D eigenvalue weighted by atomic mass is 10.1. The summed E-state index contributed by atoms with van der Waals surface area (Å²) in [7, 11) is 4.66. The van der Waals surface area contributed by atoms with Crippen molar-refractivity contribution in [1.82, 2.24) is 0 Å². The van der Waals surface area contributed by atoms with E-state index in [4.69, 9.17) is 14.2 Å². The van der Waals surface area contributed by atoms with Crippen molar-refractivity contribution in [3.8, 4) is 17.2 Å². The van der Waals surface area contributed by atoms with Gasteiger partial charge in [-0.05, 0) is 24.1 Å². The Morgan fingerprint density at radius 3 is 1.88 bits per heavy atom. The van der Waals surface area contributed by atoms with Crippen LogP contribution in [0.5, 0.6) is 17.2 Å². The van der Waals surface area contributed by atoms with Crippen molar-refractivity contribution in [2.45, 2.75) is 19.4 Å². The number of ether oxygens (including phenoxy) is 3. The van der Waals surface area contributed by atoms with Gasteiger partial charge in [0.1, 0.15) is 0 Å². The van der Waals surface area contributed by atoms with Crippen molar-refractivity contribution in [3.05, 3.63) is 17.7 Å². The van der Waals surface area contributed by atoms with Crippen LogP contribution < -0.4 is 14.2 Å². The maximum absolute atomic E-state index is 9.78. The van der Waals surface area contributed by atoms with Crippen LogP contribution in [-0.2, 0) is 0 Å². The van der Waals surface area contributed by atoms with Crippen molar-refractivity contribution in [3.63, 3.8) is 0 Å². The molecule has 90 valence electrons.